The second kappa shape index (κ2) is 4.72. The highest BCUT2D eigenvalue weighted by Gasteiger charge is 2.04. The number of hydrogen-bond acceptors (Lipinski definition) is 4. The highest BCUT2D eigenvalue weighted by Crippen LogP contribution is 2.07. The second-order valence-electron chi connectivity index (χ2n) is 2.56. The highest BCUT2D eigenvalue weighted by atomic mass is 19.1. The lowest BCUT2D eigenvalue weighted by Gasteiger charge is -1.99. The lowest BCUT2D eigenvalue weighted by Crippen LogP contribution is -2.22. The lowest BCUT2D eigenvalue weighted by molar-refractivity contribution is -0.111. The van der Waals surface area contributed by atoms with Crippen molar-refractivity contribution in [2.24, 2.45) is 10.8 Å². The van der Waals surface area contributed by atoms with Crippen LogP contribution in [0.25, 0.3) is 0 Å². The van der Waals surface area contributed by atoms with Gasteiger partial charge in [-0.05, 0) is 24.3 Å². The Kier molecular flexibility index (Phi) is 3.35. The molecule has 0 radical (unpaired) electrons. The lowest BCUT2D eigenvalue weighted by atomic mass is 10.3. The Labute approximate surface area is 85.0 Å². The van der Waals surface area contributed by atoms with Gasteiger partial charge in [0.2, 0.25) is 5.71 Å². The molecule has 0 spiro atoms. The van der Waals surface area contributed by atoms with Gasteiger partial charge >= 0.3 is 0 Å². The number of benzene rings is 1. The van der Waals surface area contributed by atoms with Crippen molar-refractivity contribution in [3.05, 3.63) is 30.1 Å². The average Bonchev–Trinajstić information content (AvgIpc) is 2.21. The summed E-state index contributed by atoms with van der Waals surface area (Å²) in [5, 5.41) is 11.9. The Morgan fingerprint density at radius 2 is 2.07 bits per heavy atom. The molecule has 0 aliphatic rings. The molecule has 6 heteroatoms. The van der Waals surface area contributed by atoms with Crippen molar-refractivity contribution in [2.75, 3.05) is 5.43 Å². The van der Waals surface area contributed by atoms with E-state index in [1.54, 1.807) is 0 Å². The third-order valence-corrected chi connectivity index (χ3v) is 1.48. The number of nitrogens with two attached hydrogens (primary N) is 1. The smallest absolute Gasteiger partial charge is 0.280 e. The van der Waals surface area contributed by atoms with Gasteiger partial charge in [0, 0.05) is 0 Å². The van der Waals surface area contributed by atoms with E-state index in [0.29, 0.717) is 5.69 Å². The van der Waals surface area contributed by atoms with Crippen molar-refractivity contribution >= 4 is 17.3 Å². The first kappa shape index (κ1) is 10.7. The number of carbonyl (C=O) groups excluding carboxylic acids is 1. The zero-order valence-corrected chi connectivity index (χ0v) is 7.57. The van der Waals surface area contributed by atoms with Crippen LogP contribution in [0.4, 0.5) is 10.1 Å². The summed E-state index contributed by atoms with van der Waals surface area (Å²) in [6.07, 6.45) is 0. The predicted molar refractivity (Wildman–Crippen MR) is 52.3 cm³/mol. The fourth-order valence-electron chi connectivity index (χ4n) is 0.780. The van der Waals surface area contributed by atoms with Crippen LogP contribution in [0.1, 0.15) is 0 Å². The number of rotatable bonds is 3. The van der Waals surface area contributed by atoms with E-state index in [9.17, 15) is 9.18 Å². The van der Waals surface area contributed by atoms with Gasteiger partial charge in [-0.3, -0.25) is 10.2 Å². The largest absolute Gasteiger partial charge is 0.364 e. The van der Waals surface area contributed by atoms with Gasteiger partial charge in [0.1, 0.15) is 11.9 Å². The molecule has 15 heavy (non-hydrogen) atoms. The third kappa shape index (κ3) is 3.08. The van der Waals surface area contributed by atoms with E-state index < -0.39 is 11.6 Å². The minimum Gasteiger partial charge on any atom is -0.364 e. The first-order chi connectivity index (χ1) is 7.13. The van der Waals surface area contributed by atoms with Gasteiger partial charge < -0.3 is 5.73 Å². The second-order valence-corrected chi connectivity index (χ2v) is 2.56. The van der Waals surface area contributed by atoms with E-state index in [2.05, 4.69) is 10.5 Å². The zero-order valence-electron chi connectivity index (χ0n) is 7.57. The Bertz CT molecular complexity index is 432. The summed E-state index contributed by atoms with van der Waals surface area (Å²) in [5.74, 6) is -1.31. The van der Waals surface area contributed by atoms with Crippen LogP contribution in [-0.4, -0.2) is 11.6 Å². The van der Waals surface area contributed by atoms with E-state index in [1.165, 1.54) is 30.3 Å². The summed E-state index contributed by atoms with van der Waals surface area (Å²) in [6.45, 7) is 0. The molecule has 0 saturated heterocycles. The van der Waals surface area contributed by atoms with Crippen LogP contribution in [-0.2, 0) is 4.79 Å². The quantitative estimate of drug-likeness (QED) is 0.560. The molecule has 1 rings (SSSR count). The topological polar surface area (TPSA) is 91.3 Å². The number of nitriles is 1. The van der Waals surface area contributed by atoms with E-state index in [1.807, 2.05) is 0 Å². The molecule has 76 valence electrons. The number of nitrogens with one attached hydrogen (secondary N) is 1. The van der Waals surface area contributed by atoms with Crippen molar-refractivity contribution < 1.29 is 9.18 Å². The van der Waals surface area contributed by atoms with Crippen molar-refractivity contribution in [2.45, 2.75) is 0 Å². The van der Waals surface area contributed by atoms with Crippen LogP contribution in [0.2, 0.25) is 0 Å². The molecule has 1 aromatic rings. The molecule has 0 heterocycles. The molecule has 0 aromatic heterocycles. The maximum atomic E-state index is 12.5. The molecule has 5 nitrogen and oxygen atoms in total. The summed E-state index contributed by atoms with van der Waals surface area (Å²) < 4.78 is 12.5. The van der Waals surface area contributed by atoms with Crippen LogP contribution < -0.4 is 11.2 Å². The fraction of sp³-hybridized carbons (Fsp3) is 0. The van der Waals surface area contributed by atoms with Gasteiger partial charge in [-0.1, -0.05) is 0 Å². The van der Waals surface area contributed by atoms with Crippen molar-refractivity contribution in [1.82, 2.24) is 0 Å². The molecule has 0 unspecified atom stereocenters. The molecule has 1 aromatic carbocycles. The number of halogens is 1. The van der Waals surface area contributed by atoms with Crippen LogP contribution in [0.3, 0.4) is 0 Å². The highest BCUT2D eigenvalue weighted by molar-refractivity contribution is 6.44. The van der Waals surface area contributed by atoms with Crippen LogP contribution in [0, 0.1) is 17.1 Å². The number of anilines is 1. The summed E-state index contributed by atoms with van der Waals surface area (Å²) in [6, 6.07) is 6.78. The fourth-order valence-corrected chi connectivity index (χ4v) is 0.780. The number of carbonyl (C=O) groups is 1. The van der Waals surface area contributed by atoms with E-state index in [-0.39, 0.29) is 5.82 Å². The molecule has 3 N–H and O–H groups in total. The summed E-state index contributed by atoms with van der Waals surface area (Å²) >= 11 is 0. The minimum atomic E-state index is -0.924. The number of hydrazone groups is 1. The molecular weight excluding hydrogens is 199 g/mol. The van der Waals surface area contributed by atoms with E-state index in [4.69, 9.17) is 11.0 Å². The molecule has 0 bridgehead atoms. The maximum absolute atomic E-state index is 12.5. The minimum absolute atomic E-state index is 0.389. The maximum Gasteiger partial charge on any atom is 0.280 e. The first-order valence-electron chi connectivity index (χ1n) is 3.92. The van der Waals surface area contributed by atoms with Gasteiger partial charge in [-0.2, -0.15) is 10.4 Å². The Balaban J connectivity index is 2.76. The molecule has 1 amide bonds. The van der Waals surface area contributed by atoms with Gasteiger partial charge in [0.15, 0.2) is 0 Å². The van der Waals surface area contributed by atoms with Crippen LogP contribution in [0.5, 0.6) is 0 Å². The average molecular weight is 206 g/mol. The molecule has 0 aliphatic heterocycles. The summed E-state index contributed by atoms with van der Waals surface area (Å²) in [5.41, 5.74) is 7.25. The molecule has 0 fully saturated rings. The number of nitrogens with zero attached hydrogens (tertiary/aromatic N) is 2. The zero-order chi connectivity index (χ0) is 11.3. The van der Waals surface area contributed by atoms with Crippen LogP contribution in [0.15, 0.2) is 29.4 Å². The first-order valence-corrected chi connectivity index (χ1v) is 3.92. The van der Waals surface area contributed by atoms with Gasteiger partial charge in [-0.15, -0.1) is 0 Å². The van der Waals surface area contributed by atoms with E-state index in [0.717, 1.165) is 0 Å². The Hall–Kier alpha value is -2.42. The molecular formula is C9H7FN4O. The number of hydrogen-bond donors (Lipinski definition) is 2. The van der Waals surface area contributed by atoms with Crippen molar-refractivity contribution in [3.8, 4) is 6.07 Å². The summed E-state index contributed by atoms with van der Waals surface area (Å²) in [4.78, 5) is 10.6. The summed E-state index contributed by atoms with van der Waals surface area (Å²) in [7, 11) is 0. The van der Waals surface area contributed by atoms with Crippen LogP contribution >= 0.6 is 0 Å². The van der Waals surface area contributed by atoms with Crippen molar-refractivity contribution in [1.29, 1.82) is 5.26 Å². The van der Waals surface area contributed by atoms with Gasteiger partial charge in [0.05, 0.1) is 5.69 Å². The molecule has 0 saturated carbocycles. The standard InChI is InChI=1S/C9H7FN4O/c10-6-1-3-7(4-2-6)13-14-8(5-11)9(12)15/h1-4,13H,(H2,12,15)/b14-8+. The van der Waals surface area contributed by atoms with Crippen molar-refractivity contribution in [3.63, 3.8) is 0 Å². The van der Waals surface area contributed by atoms with Gasteiger partial charge in [-0.25, -0.2) is 4.39 Å². The SMILES string of the molecule is N#C/C(=N\Nc1ccc(F)cc1)C(N)=O. The Morgan fingerprint density at radius 1 is 1.47 bits per heavy atom. The normalized spacial score (nSPS) is 10.5. The predicted octanol–water partition coefficient (Wildman–Crippen LogP) is 0.602. The molecule has 0 aliphatic carbocycles. The third-order valence-electron chi connectivity index (χ3n) is 1.48. The Morgan fingerprint density at radius 3 is 2.53 bits per heavy atom. The van der Waals surface area contributed by atoms with E-state index >= 15 is 0 Å². The monoisotopic (exact) mass is 206 g/mol. The van der Waals surface area contributed by atoms with Gasteiger partial charge in [0.25, 0.3) is 5.91 Å². The molecule has 0 atom stereocenters. The number of primary amides is 1. The number of amides is 1.